The Morgan fingerprint density at radius 3 is 1.96 bits per heavy atom. The highest BCUT2D eigenvalue weighted by molar-refractivity contribution is 6.39. The Kier molecular flexibility index (Phi) is 3.41. The van der Waals surface area contributed by atoms with E-state index in [-0.39, 0.29) is 0 Å². The Morgan fingerprint density at radius 2 is 1.22 bits per heavy atom. The van der Waals surface area contributed by atoms with Crippen LogP contribution in [0.4, 0.5) is 5.69 Å². The molecule has 4 aromatic carbocycles. The third-order valence-electron chi connectivity index (χ3n) is 5.07. The lowest BCUT2D eigenvalue weighted by Crippen LogP contribution is -2.29. The number of fused-ring (bicyclic) bond motifs is 2. The molecule has 0 fully saturated rings. The lowest BCUT2D eigenvalue weighted by Gasteiger charge is -2.18. The number of rotatable bonds is 2. The van der Waals surface area contributed by atoms with Crippen molar-refractivity contribution in [3.63, 3.8) is 0 Å². The number of anilines is 1. The van der Waals surface area contributed by atoms with Crippen LogP contribution in [0.25, 0.3) is 21.9 Å². The Morgan fingerprint density at radius 1 is 0.593 bits per heavy atom. The van der Waals surface area contributed by atoms with E-state index in [1.807, 2.05) is 66.7 Å². The maximum Gasteiger partial charge on any atom is 0.139 e. The molecule has 1 heterocycles. The average Bonchev–Trinajstić information content (AvgIpc) is 2.97. The van der Waals surface area contributed by atoms with Crippen molar-refractivity contribution >= 4 is 28.1 Å². The molecule has 0 saturated carbocycles. The molecule has 5 rings (SSSR count). The standard InChI is InChI=1S/C24H17N3/c25-23-20-15-17-11-7-8-14-19(17)21(16-9-3-1-4-10-16)22(20)24(26)27(23)18-12-5-2-6-13-18/h1-15,25-26H. The van der Waals surface area contributed by atoms with E-state index in [1.54, 1.807) is 4.90 Å². The van der Waals surface area contributed by atoms with Gasteiger partial charge in [-0.25, -0.2) is 0 Å². The molecule has 4 aromatic rings. The fourth-order valence-corrected chi connectivity index (χ4v) is 3.86. The zero-order valence-electron chi connectivity index (χ0n) is 14.6. The Balaban J connectivity index is 1.84. The Labute approximate surface area is 157 Å². The number of amidine groups is 2. The number of hydrogen-bond acceptors (Lipinski definition) is 2. The van der Waals surface area contributed by atoms with Gasteiger partial charge < -0.3 is 0 Å². The van der Waals surface area contributed by atoms with Gasteiger partial charge in [0.2, 0.25) is 0 Å². The summed E-state index contributed by atoms with van der Waals surface area (Å²) in [7, 11) is 0. The highest BCUT2D eigenvalue weighted by Crippen LogP contribution is 2.40. The first kappa shape index (κ1) is 15.5. The molecule has 128 valence electrons. The fraction of sp³-hybridized carbons (Fsp3) is 0. The van der Waals surface area contributed by atoms with Gasteiger partial charge in [0.05, 0.1) is 0 Å². The third kappa shape index (κ3) is 2.29. The largest absolute Gasteiger partial charge is 0.283 e. The minimum atomic E-state index is 0.351. The van der Waals surface area contributed by atoms with Gasteiger partial charge in [0.15, 0.2) is 0 Å². The van der Waals surface area contributed by atoms with Crippen molar-refractivity contribution in [3.8, 4) is 11.1 Å². The molecular weight excluding hydrogens is 330 g/mol. The van der Waals surface area contributed by atoms with E-state index in [1.165, 1.54) is 0 Å². The molecule has 0 bridgehead atoms. The maximum atomic E-state index is 8.91. The molecule has 0 unspecified atom stereocenters. The summed E-state index contributed by atoms with van der Waals surface area (Å²) in [5, 5.41) is 19.9. The first-order valence-electron chi connectivity index (χ1n) is 8.90. The van der Waals surface area contributed by atoms with Crippen molar-refractivity contribution in [1.82, 2.24) is 0 Å². The van der Waals surface area contributed by atoms with Crippen LogP contribution in [-0.2, 0) is 0 Å². The lowest BCUT2D eigenvalue weighted by molar-refractivity contribution is 1.34. The van der Waals surface area contributed by atoms with Gasteiger partial charge in [-0.3, -0.25) is 15.7 Å². The van der Waals surface area contributed by atoms with Crippen LogP contribution in [0.2, 0.25) is 0 Å². The topological polar surface area (TPSA) is 50.9 Å². The summed E-state index contributed by atoms with van der Waals surface area (Å²) < 4.78 is 0. The highest BCUT2D eigenvalue weighted by Gasteiger charge is 2.34. The van der Waals surface area contributed by atoms with Crippen LogP contribution in [-0.4, -0.2) is 11.7 Å². The maximum absolute atomic E-state index is 8.91. The van der Waals surface area contributed by atoms with Gasteiger partial charge in [0.1, 0.15) is 11.7 Å². The van der Waals surface area contributed by atoms with E-state index in [4.69, 9.17) is 10.8 Å². The van der Waals surface area contributed by atoms with Crippen LogP contribution in [0, 0.1) is 10.8 Å². The molecule has 0 amide bonds. The summed E-state index contributed by atoms with van der Waals surface area (Å²) in [6.45, 7) is 0. The number of hydrogen-bond donors (Lipinski definition) is 2. The number of nitrogens with one attached hydrogen (secondary N) is 2. The molecule has 0 aliphatic carbocycles. The van der Waals surface area contributed by atoms with Crippen LogP contribution in [0.1, 0.15) is 11.1 Å². The lowest BCUT2D eigenvalue weighted by atomic mass is 9.90. The molecule has 2 N–H and O–H groups in total. The van der Waals surface area contributed by atoms with E-state index < -0.39 is 0 Å². The predicted octanol–water partition coefficient (Wildman–Crippen LogP) is 5.68. The quantitative estimate of drug-likeness (QED) is 0.482. The minimum absolute atomic E-state index is 0.351. The molecule has 0 saturated heterocycles. The average molecular weight is 347 g/mol. The van der Waals surface area contributed by atoms with Crippen LogP contribution in [0.5, 0.6) is 0 Å². The minimum Gasteiger partial charge on any atom is -0.283 e. The third-order valence-corrected chi connectivity index (χ3v) is 5.07. The molecule has 1 aliphatic heterocycles. The van der Waals surface area contributed by atoms with E-state index in [9.17, 15) is 0 Å². The molecule has 0 radical (unpaired) electrons. The molecule has 0 spiro atoms. The van der Waals surface area contributed by atoms with Gasteiger partial charge in [0.25, 0.3) is 0 Å². The second-order valence-electron chi connectivity index (χ2n) is 6.63. The molecule has 3 heteroatoms. The van der Waals surface area contributed by atoms with Crippen LogP contribution >= 0.6 is 0 Å². The Hall–Kier alpha value is -3.72. The van der Waals surface area contributed by atoms with E-state index >= 15 is 0 Å². The van der Waals surface area contributed by atoms with Crippen molar-refractivity contribution in [2.45, 2.75) is 0 Å². The molecular formula is C24H17N3. The van der Waals surface area contributed by atoms with Gasteiger partial charge in [-0.1, -0.05) is 72.8 Å². The molecule has 27 heavy (non-hydrogen) atoms. The van der Waals surface area contributed by atoms with Gasteiger partial charge in [0, 0.05) is 22.4 Å². The fourth-order valence-electron chi connectivity index (χ4n) is 3.86. The normalized spacial score (nSPS) is 13.3. The van der Waals surface area contributed by atoms with Crippen LogP contribution in [0.15, 0.2) is 91.0 Å². The summed E-state index contributed by atoms with van der Waals surface area (Å²) >= 11 is 0. The van der Waals surface area contributed by atoms with Gasteiger partial charge in [-0.05, 0) is 34.5 Å². The summed E-state index contributed by atoms with van der Waals surface area (Å²) in [5.74, 6) is 0.704. The predicted molar refractivity (Wildman–Crippen MR) is 112 cm³/mol. The molecule has 0 atom stereocenters. The number of benzene rings is 4. The summed E-state index contributed by atoms with van der Waals surface area (Å²) in [6.07, 6.45) is 0. The van der Waals surface area contributed by atoms with Crippen molar-refractivity contribution in [1.29, 1.82) is 10.8 Å². The van der Waals surface area contributed by atoms with Gasteiger partial charge in [-0.15, -0.1) is 0 Å². The molecule has 3 nitrogen and oxygen atoms in total. The zero-order chi connectivity index (χ0) is 18.4. The SMILES string of the molecule is N=C1c2cc3ccccc3c(-c3ccccc3)c2C(=N)N1c1ccccc1. The summed E-state index contributed by atoms with van der Waals surface area (Å²) in [6, 6.07) is 30.1. The first-order chi connectivity index (χ1) is 13.3. The van der Waals surface area contributed by atoms with Crippen molar-refractivity contribution < 1.29 is 0 Å². The monoisotopic (exact) mass is 347 g/mol. The summed E-state index contributed by atoms with van der Waals surface area (Å²) in [5.41, 5.74) is 4.57. The zero-order valence-corrected chi connectivity index (χ0v) is 14.6. The van der Waals surface area contributed by atoms with E-state index in [0.29, 0.717) is 11.7 Å². The first-order valence-corrected chi connectivity index (χ1v) is 8.90. The van der Waals surface area contributed by atoms with E-state index in [0.717, 1.165) is 38.7 Å². The Bertz CT molecular complexity index is 1190. The van der Waals surface area contributed by atoms with Crippen molar-refractivity contribution in [3.05, 3.63) is 102 Å². The second-order valence-corrected chi connectivity index (χ2v) is 6.63. The molecule has 1 aliphatic rings. The van der Waals surface area contributed by atoms with Crippen LogP contribution in [0.3, 0.4) is 0 Å². The summed E-state index contributed by atoms with van der Waals surface area (Å²) in [4.78, 5) is 1.72. The van der Waals surface area contributed by atoms with E-state index in [2.05, 4.69) is 24.3 Å². The second kappa shape index (κ2) is 5.92. The molecule has 0 aromatic heterocycles. The smallest absolute Gasteiger partial charge is 0.139 e. The van der Waals surface area contributed by atoms with Crippen molar-refractivity contribution in [2.24, 2.45) is 0 Å². The van der Waals surface area contributed by atoms with Gasteiger partial charge >= 0.3 is 0 Å². The number of para-hydroxylation sites is 1. The van der Waals surface area contributed by atoms with Crippen molar-refractivity contribution in [2.75, 3.05) is 4.90 Å². The van der Waals surface area contributed by atoms with Gasteiger partial charge in [-0.2, -0.15) is 0 Å². The van der Waals surface area contributed by atoms with Crippen LogP contribution < -0.4 is 4.90 Å². The highest BCUT2D eigenvalue weighted by atomic mass is 15.2. The number of nitrogens with zero attached hydrogens (tertiary/aromatic N) is 1.